The van der Waals surface area contributed by atoms with Crippen molar-refractivity contribution in [1.82, 2.24) is 4.90 Å². The van der Waals surface area contributed by atoms with Crippen LogP contribution in [0.25, 0.3) is 0 Å². The van der Waals surface area contributed by atoms with Crippen LogP contribution in [0, 0.1) is 0 Å². The molecule has 1 unspecified atom stereocenters. The molecule has 1 aliphatic heterocycles. The van der Waals surface area contributed by atoms with E-state index in [9.17, 15) is 0 Å². The van der Waals surface area contributed by atoms with Crippen LogP contribution >= 0.6 is 0 Å². The number of likely N-dealkylation sites (tertiary alicyclic amines) is 1. The Bertz CT molecular complexity index is 536. The Balaban J connectivity index is 1.99. The predicted molar refractivity (Wildman–Crippen MR) is 94.1 cm³/mol. The van der Waals surface area contributed by atoms with E-state index in [1.165, 1.54) is 36.9 Å². The molecular weight excluding hydrogens is 266 g/mol. The molecule has 1 atom stereocenters. The third-order valence-electron chi connectivity index (χ3n) is 4.73. The highest BCUT2D eigenvalue weighted by Crippen LogP contribution is 2.35. The van der Waals surface area contributed by atoms with Gasteiger partial charge >= 0.3 is 0 Å². The van der Waals surface area contributed by atoms with Crippen LogP contribution in [0.5, 0.6) is 0 Å². The van der Waals surface area contributed by atoms with Crippen molar-refractivity contribution in [3.8, 4) is 0 Å². The minimum atomic E-state index is 0.447. The summed E-state index contributed by atoms with van der Waals surface area (Å²) in [5.41, 5.74) is 2.85. The monoisotopic (exact) mass is 291 g/mol. The van der Waals surface area contributed by atoms with Crippen molar-refractivity contribution in [3.05, 3.63) is 84.4 Å². The second-order valence-electron chi connectivity index (χ2n) is 6.15. The van der Waals surface area contributed by atoms with Gasteiger partial charge in [0.1, 0.15) is 0 Å². The van der Waals surface area contributed by atoms with E-state index in [-0.39, 0.29) is 0 Å². The van der Waals surface area contributed by atoms with Gasteiger partial charge in [-0.15, -0.1) is 6.58 Å². The van der Waals surface area contributed by atoms with Crippen molar-refractivity contribution in [2.75, 3.05) is 13.1 Å². The first-order valence-electron chi connectivity index (χ1n) is 8.35. The van der Waals surface area contributed by atoms with Gasteiger partial charge in [-0.25, -0.2) is 0 Å². The molecule has 1 fully saturated rings. The highest BCUT2D eigenvalue weighted by Gasteiger charge is 2.31. The van der Waals surface area contributed by atoms with Gasteiger partial charge in [-0.3, -0.25) is 4.90 Å². The molecule has 3 rings (SSSR count). The fraction of sp³-hybridized carbons (Fsp3) is 0.333. The van der Waals surface area contributed by atoms with Crippen molar-refractivity contribution >= 4 is 0 Å². The van der Waals surface area contributed by atoms with Crippen molar-refractivity contribution < 1.29 is 0 Å². The molecule has 1 heterocycles. The molecule has 0 aromatic heterocycles. The smallest absolute Gasteiger partial charge is 0.0245 e. The summed E-state index contributed by atoms with van der Waals surface area (Å²) >= 11 is 0. The molecule has 0 saturated carbocycles. The summed E-state index contributed by atoms with van der Waals surface area (Å²) in [6.45, 7) is 6.13. The molecule has 0 N–H and O–H groups in total. The Morgan fingerprint density at radius 1 is 0.955 bits per heavy atom. The van der Waals surface area contributed by atoms with Gasteiger partial charge in [-0.05, 0) is 30.5 Å². The second-order valence-corrected chi connectivity index (χ2v) is 6.15. The van der Waals surface area contributed by atoms with Crippen molar-refractivity contribution in [1.29, 1.82) is 0 Å². The molecular formula is C21H25N. The average molecular weight is 291 g/mol. The average Bonchev–Trinajstić information content (AvgIpc) is 2.59. The van der Waals surface area contributed by atoms with Crippen LogP contribution in [0.15, 0.2) is 73.3 Å². The molecule has 1 nitrogen and oxygen atoms in total. The topological polar surface area (TPSA) is 3.24 Å². The van der Waals surface area contributed by atoms with Crippen molar-refractivity contribution in [2.24, 2.45) is 0 Å². The summed E-state index contributed by atoms with van der Waals surface area (Å²) in [7, 11) is 0. The fourth-order valence-electron chi connectivity index (χ4n) is 3.74. The third kappa shape index (κ3) is 3.31. The quantitative estimate of drug-likeness (QED) is 0.711. The van der Waals surface area contributed by atoms with E-state index in [0.29, 0.717) is 12.0 Å². The Morgan fingerprint density at radius 3 is 2.09 bits per heavy atom. The van der Waals surface area contributed by atoms with Gasteiger partial charge in [0.2, 0.25) is 0 Å². The Morgan fingerprint density at radius 2 is 1.55 bits per heavy atom. The van der Waals surface area contributed by atoms with Gasteiger partial charge in [0, 0.05) is 18.5 Å². The van der Waals surface area contributed by atoms with Gasteiger partial charge < -0.3 is 0 Å². The van der Waals surface area contributed by atoms with Crippen molar-refractivity contribution in [2.45, 2.75) is 31.2 Å². The van der Waals surface area contributed by atoms with Crippen LogP contribution in [0.2, 0.25) is 0 Å². The Hall–Kier alpha value is -1.86. The van der Waals surface area contributed by atoms with Crippen LogP contribution in [-0.4, -0.2) is 24.0 Å². The van der Waals surface area contributed by atoms with E-state index in [1.807, 2.05) is 6.08 Å². The molecule has 1 aliphatic rings. The summed E-state index contributed by atoms with van der Waals surface area (Å²) in [6, 6.07) is 22.5. The molecule has 0 spiro atoms. The maximum absolute atomic E-state index is 3.95. The van der Waals surface area contributed by atoms with Gasteiger partial charge in [-0.2, -0.15) is 0 Å². The van der Waals surface area contributed by atoms with Crippen LogP contribution in [0.4, 0.5) is 0 Å². The summed E-state index contributed by atoms with van der Waals surface area (Å²) in [6.07, 6.45) is 5.95. The predicted octanol–water partition coefficient (Wildman–Crippen LogP) is 4.86. The van der Waals surface area contributed by atoms with Gasteiger partial charge in [0.15, 0.2) is 0 Å². The number of benzene rings is 2. The SMILES string of the molecule is C=CCN1CCCCC1C(c1ccccc1)c1ccccc1. The molecule has 0 radical (unpaired) electrons. The van der Waals surface area contributed by atoms with E-state index >= 15 is 0 Å². The first-order chi connectivity index (χ1) is 10.9. The zero-order chi connectivity index (χ0) is 15.2. The molecule has 1 saturated heterocycles. The molecule has 1 heteroatoms. The normalized spacial score (nSPS) is 19.2. The first kappa shape index (κ1) is 15.1. The highest BCUT2D eigenvalue weighted by molar-refractivity contribution is 5.34. The molecule has 114 valence electrons. The maximum atomic E-state index is 3.95. The minimum absolute atomic E-state index is 0.447. The molecule has 2 aromatic carbocycles. The zero-order valence-corrected chi connectivity index (χ0v) is 13.2. The van der Waals surface area contributed by atoms with E-state index in [2.05, 4.69) is 72.1 Å². The lowest BCUT2D eigenvalue weighted by Crippen LogP contribution is -2.43. The summed E-state index contributed by atoms with van der Waals surface area (Å²) < 4.78 is 0. The number of hydrogen-bond acceptors (Lipinski definition) is 1. The van der Waals surface area contributed by atoms with E-state index in [1.54, 1.807) is 0 Å². The molecule has 0 amide bonds. The van der Waals surface area contributed by atoms with Crippen LogP contribution in [-0.2, 0) is 0 Å². The van der Waals surface area contributed by atoms with Gasteiger partial charge in [0.25, 0.3) is 0 Å². The maximum Gasteiger partial charge on any atom is 0.0245 e. The lowest BCUT2D eigenvalue weighted by Gasteiger charge is -2.40. The lowest BCUT2D eigenvalue weighted by molar-refractivity contribution is 0.150. The van der Waals surface area contributed by atoms with Gasteiger partial charge in [0.05, 0.1) is 0 Å². The Kier molecular flexibility index (Phi) is 5.07. The van der Waals surface area contributed by atoms with Crippen LogP contribution in [0.3, 0.4) is 0 Å². The third-order valence-corrected chi connectivity index (χ3v) is 4.73. The number of hydrogen-bond donors (Lipinski definition) is 0. The van der Waals surface area contributed by atoms with Crippen molar-refractivity contribution in [3.63, 3.8) is 0 Å². The second kappa shape index (κ2) is 7.42. The largest absolute Gasteiger partial charge is 0.296 e. The summed E-state index contributed by atoms with van der Waals surface area (Å²) in [5.74, 6) is 0.447. The van der Waals surface area contributed by atoms with E-state index in [4.69, 9.17) is 0 Å². The number of nitrogens with zero attached hydrogens (tertiary/aromatic N) is 1. The fourth-order valence-corrected chi connectivity index (χ4v) is 3.74. The highest BCUT2D eigenvalue weighted by atomic mass is 15.2. The molecule has 2 aromatic rings. The summed E-state index contributed by atoms with van der Waals surface area (Å²) in [5, 5.41) is 0. The Labute approximate surface area is 134 Å². The van der Waals surface area contributed by atoms with E-state index < -0.39 is 0 Å². The van der Waals surface area contributed by atoms with E-state index in [0.717, 1.165) is 6.54 Å². The molecule has 0 aliphatic carbocycles. The summed E-state index contributed by atoms with van der Waals surface area (Å²) in [4.78, 5) is 2.61. The molecule has 0 bridgehead atoms. The minimum Gasteiger partial charge on any atom is -0.296 e. The van der Waals surface area contributed by atoms with Gasteiger partial charge in [-0.1, -0.05) is 73.2 Å². The first-order valence-corrected chi connectivity index (χ1v) is 8.35. The van der Waals surface area contributed by atoms with Crippen LogP contribution in [0.1, 0.15) is 36.3 Å². The zero-order valence-electron chi connectivity index (χ0n) is 13.2. The lowest BCUT2D eigenvalue weighted by atomic mass is 9.80. The standard InChI is InChI=1S/C21H25N/c1-2-16-22-17-10-9-15-20(22)21(18-11-5-3-6-12-18)19-13-7-4-8-14-19/h2-8,11-14,20-21H,1,9-10,15-17H2. The number of piperidine rings is 1. The molecule has 22 heavy (non-hydrogen) atoms. The number of rotatable bonds is 5. The van der Waals surface area contributed by atoms with Crippen LogP contribution < -0.4 is 0 Å².